The van der Waals surface area contributed by atoms with Crippen LogP contribution in [-0.4, -0.2) is 46.4 Å². The first-order valence-electron chi connectivity index (χ1n) is 7.91. The van der Waals surface area contributed by atoms with E-state index in [1.807, 2.05) is 6.92 Å². The van der Waals surface area contributed by atoms with Crippen LogP contribution in [0, 0.1) is 0 Å². The van der Waals surface area contributed by atoms with Crippen molar-refractivity contribution in [3.8, 4) is 0 Å². The second-order valence-electron chi connectivity index (χ2n) is 5.30. The van der Waals surface area contributed by atoms with Crippen LogP contribution < -0.4 is 9.62 Å². The van der Waals surface area contributed by atoms with Crippen molar-refractivity contribution in [2.75, 3.05) is 30.3 Å². The number of halogens is 1. The van der Waals surface area contributed by atoms with Crippen LogP contribution in [0.4, 0.5) is 5.69 Å². The van der Waals surface area contributed by atoms with Crippen molar-refractivity contribution in [1.29, 1.82) is 0 Å². The number of benzene rings is 1. The van der Waals surface area contributed by atoms with E-state index >= 15 is 0 Å². The molecule has 136 valence electrons. The highest BCUT2D eigenvalue weighted by Gasteiger charge is 2.31. The number of rotatable bonds is 10. The van der Waals surface area contributed by atoms with Crippen molar-refractivity contribution >= 4 is 33.2 Å². The second kappa shape index (κ2) is 9.86. The molecule has 0 aromatic heterocycles. The first kappa shape index (κ1) is 20.7. The molecule has 0 saturated heterocycles. The number of carbonyl (C=O) groups is 1. The Hall–Kier alpha value is -1.31. The third-order valence-electron chi connectivity index (χ3n) is 3.36. The fraction of sp³-hybridized carbons (Fsp3) is 0.562. The maximum atomic E-state index is 12.5. The standard InChI is InChI=1S/C16H25ClN2O4S/c1-4-15(16(20)18-10-7-11-23-5-2)19(24(3,21)22)14-9-6-8-13(17)12-14/h6,8-9,12,15H,4-5,7,10-11H2,1-3H3,(H,18,20)/t15-/m0/s1. The fourth-order valence-corrected chi connectivity index (χ4v) is 3.71. The van der Waals surface area contributed by atoms with E-state index in [-0.39, 0.29) is 5.91 Å². The fourth-order valence-electron chi connectivity index (χ4n) is 2.32. The molecule has 0 bridgehead atoms. The Bertz CT molecular complexity index is 637. The minimum Gasteiger partial charge on any atom is -0.382 e. The number of sulfonamides is 1. The Morgan fingerprint density at radius 2 is 2.08 bits per heavy atom. The number of nitrogens with zero attached hydrogens (tertiary/aromatic N) is 1. The molecule has 1 aromatic rings. The van der Waals surface area contributed by atoms with Crippen LogP contribution in [-0.2, 0) is 19.6 Å². The van der Waals surface area contributed by atoms with E-state index in [0.29, 0.717) is 43.3 Å². The molecule has 24 heavy (non-hydrogen) atoms. The lowest BCUT2D eigenvalue weighted by atomic mass is 10.2. The first-order valence-corrected chi connectivity index (χ1v) is 10.1. The van der Waals surface area contributed by atoms with E-state index in [0.717, 1.165) is 10.6 Å². The van der Waals surface area contributed by atoms with Crippen molar-refractivity contribution in [3.63, 3.8) is 0 Å². The number of nitrogens with one attached hydrogen (secondary N) is 1. The summed E-state index contributed by atoms with van der Waals surface area (Å²) in [6.45, 7) is 5.29. The van der Waals surface area contributed by atoms with Gasteiger partial charge in [0.25, 0.3) is 0 Å². The molecule has 1 atom stereocenters. The molecule has 0 aliphatic carbocycles. The van der Waals surface area contributed by atoms with Crippen molar-refractivity contribution in [1.82, 2.24) is 5.32 Å². The predicted octanol–water partition coefficient (Wildman–Crippen LogP) is 2.43. The Morgan fingerprint density at radius 3 is 2.62 bits per heavy atom. The average molecular weight is 377 g/mol. The molecule has 1 amide bonds. The van der Waals surface area contributed by atoms with E-state index in [1.165, 1.54) is 6.07 Å². The van der Waals surface area contributed by atoms with Crippen LogP contribution in [0.5, 0.6) is 0 Å². The van der Waals surface area contributed by atoms with Gasteiger partial charge in [0.1, 0.15) is 6.04 Å². The summed E-state index contributed by atoms with van der Waals surface area (Å²) in [5.41, 5.74) is 0.376. The van der Waals surface area contributed by atoms with Gasteiger partial charge in [-0.25, -0.2) is 8.42 Å². The lowest BCUT2D eigenvalue weighted by Crippen LogP contribution is -2.49. The van der Waals surface area contributed by atoms with Gasteiger partial charge in [0, 0.05) is 24.8 Å². The first-order chi connectivity index (χ1) is 11.3. The van der Waals surface area contributed by atoms with E-state index in [4.69, 9.17) is 16.3 Å². The Kier molecular flexibility index (Phi) is 8.52. The van der Waals surface area contributed by atoms with Gasteiger partial charge in [-0.1, -0.05) is 24.6 Å². The molecule has 1 N–H and O–H groups in total. The summed E-state index contributed by atoms with van der Waals surface area (Å²) >= 11 is 5.96. The smallest absolute Gasteiger partial charge is 0.243 e. The number of carbonyl (C=O) groups excluding carboxylic acids is 1. The van der Waals surface area contributed by atoms with Crippen LogP contribution in [0.2, 0.25) is 5.02 Å². The van der Waals surface area contributed by atoms with Gasteiger partial charge >= 0.3 is 0 Å². The van der Waals surface area contributed by atoms with Crippen LogP contribution in [0.15, 0.2) is 24.3 Å². The third kappa shape index (κ3) is 6.30. The minimum absolute atomic E-state index is 0.334. The van der Waals surface area contributed by atoms with Crippen LogP contribution in [0.3, 0.4) is 0 Å². The Balaban J connectivity index is 2.92. The molecule has 0 radical (unpaired) electrons. The average Bonchev–Trinajstić information content (AvgIpc) is 2.50. The monoisotopic (exact) mass is 376 g/mol. The zero-order valence-corrected chi connectivity index (χ0v) is 15.9. The summed E-state index contributed by atoms with van der Waals surface area (Å²) in [5.74, 6) is -0.334. The molecule has 0 aliphatic rings. The molecular formula is C16H25ClN2O4S. The molecule has 0 spiro atoms. The van der Waals surface area contributed by atoms with Gasteiger partial charge in [-0.15, -0.1) is 0 Å². The van der Waals surface area contributed by atoms with E-state index < -0.39 is 16.1 Å². The number of hydrogen-bond donors (Lipinski definition) is 1. The van der Waals surface area contributed by atoms with Gasteiger partial charge in [-0.2, -0.15) is 0 Å². The van der Waals surface area contributed by atoms with E-state index in [2.05, 4.69) is 5.32 Å². The molecule has 6 nitrogen and oxygen atoms in total. The highest BCUT2D eigenvalue weighted by molar-refractivity contribution is 7.92. The van der Waals surface area contributed by atoms with Gasteiger partial charge in [0.15, 0.2) is 0 Å². The Morgan fingerprint density at radius 1 is 1.38 bits per heavy atom. The molecule has 1 aromatic carbocycles. The zero-order valence-electron chi connectivity index (χ0n) is 14.3. The second-order valence-corrected chi connectivity index (χ2v) is 7.60. The van der Waals surface area contributed by atoms with Crippen molar-refractivity contribution < 1.29 is 17.9 Å². The van der Waals surface area contributed by atoms with Crippen LogP contribution in [0.25, 0.3) is 0 Å². The maximum absolute atomic E-state index is 12.5. The quantitative estimate of drug-likeness (QED) is 0.636. The largest absolute Gasteiger partial charge is 0.382 e. The molecule has 0 saturated carbocycles. The summed E-state index contributed by atoms with van der Waals surface area (Å²) in [5, 5.41) is 3.18. The zero-order chi connectivity index (χ0) is 18.2. The number of anilines is 1. The van der Waals surface area contributed by atoms with Crippen molar-refractivity contribution in [3.05, 3.63) is 29.3 Å². The van der Waals surface area contributed by atoms with E-state index in [1.54, 1.807) is 25.1 Å². The molecule has 0 unspecified atom stereocenters. The van der Waals surface area contributed by atoms with E-state index in [9.17, 15) is 13.2 Å². The van der Waals surface area contributed by atoms with Gasteiger partial charge in [0.2, 0.25) is 15.9 Å². The van der Waals surface area contributed by atoms with Gasteiger partial charge in [0.05, 0.1) is 11.9 Å². The molecule has 1 rings (SSSR count). The van der Waals surface area contributed by atoms with Gasteiger partial charge < -0.3 is 10.1 Å². The normalized spacial score (nSPS) is 12.7. The topological polar surface area (TPSA) is 75.7 Å². The summed E-state index contributed by atoms with van der Waals surface area (Å²) in [4.78, 5) is 12.5. The highest BCUT2D eigenvalue weighted by Crippen LogP contribution is 2.25. The molecule has 0 heterocycles. The minimum atomic E-state index is -3.64. The number of ether oxygens (including phenoxy) is 1. The summed E-state index contributed by atoms with van der Waals surface area (Å²) in [6, 6.07) is 5.64. The predicted molar refractivity (Wildman–Crippen MR) is 97.0 cm³/mol. The summed E-state index contributed by atoms with van der Waals surface area (Å²) < 4.78 is 30.8. The highest BCUT2D eigenvalue weighted by atomic mass is 35.5. The number of amides is 1. The lowest BCUT2D eigenvalue weighted by Gasteiger charge is -2.30. The van der Waals surface area contributed by atoms with Crippen LogP contribution in [0.1, 0.15) is 26.7 Å². The third-order valence-corrected chi connectivity index (χ3v) is 4.78. The molecular weight excluding hydrogens is 352 g/mol. The van der Waals surface area contributed by atoms with Gasteiger partial charge in [-0.3, -0.25) is 9.10 Å². The number of hydrogen-bond acceptors (Lipinski definition) is 4. The lowest BCUT2D eigenvalue weighted by molar-refractivity contribution is -0.122. The SMILES string of the molecule is CCOCCCNC(=O)[C@H](CC)N(c1cccc(Cl)c1)S(C)(=O)=O. The molecule has 0 fully saturated rings. The summed E-state index contributed by atoms with van der Waals surface area (Å²) in [7, 11) is -3.64. The molecule has 8 heteroatoms. The Labute approximate surface area is 149 Å². The maximum Gasteiger partial charge on any atom is 0.243 e. The summed E-state index contributed by atoms with van der Waals surface area (Å²) in [6.07, 6.45) is 2.10. The molecule has 0 aliphatic heterocycles. The van der Waals surface area contributed by atoms with Gasteiger partial charge in [-0.05, 0) is 38.0 Å². The van der Waals surface area contributed by atoms with Crippen LogP contribution >= 0.6 is 11.6 Å². The van der Waals surface area contributed by atoms with Crippen molar-refractivity contribution in [2.45, 2.75) is 32.7 Å². The van der Waals surface area contributed by atoms with Crippen molar-refractivity contribution in [2.24, 2.45) is 0 Å².